The number of aromatic nitrogens is 1. The molecule has 110 valence electrons. The van der Waals surface area contributed by atoms with Crippen LogP contribution in [0.5, 0.6) is 0 Å². The van der Waals surface area contributed by atoms with Crippen LogP contribution in [0.15, 0.2) is 41.9 Å². The minimum Gasteiger partial charge on any atom is -0.352 e. The third-order valence-corrected chi connectivity index (χ3v) is 3.71. The summed E-state index contributed by atoms with van der Waals surface area (Å²) in [5, 5.41) is 5.18. The Hall–Kier alpha value is -2.21. The van der Waals surface area contributed by atoms with Crippen LogP contribution >= 0.6 is 11.3 Å². The van der Waals surface area contributed by atoms with Crippen LogP contribution in [0.25, 0.3) is 0 Å². The number of hydrogen-bond donors (Lipinski definition) is 1. The third kappa shape index (κ3) is 4.39. The van der Waals surface area contributed by atoms with Gasteiger partial charge in [-0.3, -0.25) is 14.5 Å². The van der Waals surface area contributed by atoms with Gasteiger partial charge in [-0.25, -0.2) is 4.98 Å². The van der Waals surface area contributed by atoms with Crippen LogP contribution in [0.2, 0.25) is 0 Å². The third-order valence-electron chi connectivity index (χ3n) is 2.91. The van der Waals surface area contributed by atoms with Crippen molar-refractivity contribution in [2.75, 3.05) is 11.4 Å². The molecule has 6 heteroatoms. The molecule has 0 radical (unpaired) electrons. The fourth-order valence-corrected chi connectivity index (χ4v) is 2.58. The highest BCUT2D eigenvalue weighted by Crippen LogP contribution is 2.17. The highest BCUT2D eigenvalue weighted by molar-refractivity contribution is 7.13. The van der Waals surface area contributed by atoms with Crippen molar-refractivity contribution in [3.05, 3.63) is 47.5 Å². The maximum absolute atomic E-state index is 12.1. The fraction of sp³-hybridized carbons (Fsp3) is 0.267. The normalized spacial score (nSPS) is 10.1. The Morgan fingerprint density at radius 3 is 2.67 bits per heavy atom. The Morgan fingerprint density at radius 1 is 1.29 bits per heavy atom. The topological polar surface area (TPSA) is 62.3 Å². The largest absolute Gasteiger partial charge is 0.352 e. The summed E-state index contributed by atoms with van der Waals surface area (Å²) in [6.45, 7) is 2.79. The lowest BCUT2D eigenvalue weighted by atomic mass is 10.2. The van der Waals surface area contributed by atoms with Crippen LogP contribution in [0.3, 0.4) is 0 Å². The molecule has 1 aromatic carbocycles. The Kier molecular flexibility index (Phi) is 5.45. The first-order valence-corrected chi connectivity index (χ1v) is 7.59. The number of rotatable bonds is 6. The fourth-order valence-electron chi connectivity index (χ4n) is 1.86. The Morgan fingerprint density at radius 2 is 2.05 bits per heavy atom. The standard InChI is InChI=1S/C15H17N3O2S/c1-2-18(15-16-8-9-21-15)14(20)10-13(19)17-11-12-6-4-3-5-7-12/h3-9H,2,10-11H2,1H3,(H,17,19). The van der Waals surface area contributed by atoms with Crippen molar-refractivity contribution >= 4 is 28.3 Å². The summed E-state index contributed by atoms with van der Waals surface area (Å²) in [5.41, 5.74) is 1.01. The van der Waals surface area contributed by atoms with Crippen LogP contribution in [-0.2, 0) is 16.1 Å². The summed E-state index contributed by atoms with van der Waals surface area (Å²) in [6, 6.07) is 9.59. The second-order valence-electron chi connectivity index (χ2n) is 4.39. The van der Waals surface area contributed by atoms with Crippen molar-refractivity contribution in [3.63, 3.8) is 0 Å². The van der Waals surface area contributed by atoms with Crippen molar-refractivity contribution < 1.29 is 9.59 Å². The van der Waals surface area contributed by atoms with Gasteiger partial charge in [0.25, 0.3) is 0 Å². The molecule has 0 saturated heterocycles. The van der Waals surface area contributed by atoms with Gasteiger partial charge in [0.15, 0.2) is 5.13 Å². The summed E-state index contributed by atoms with van der Waals surface area (Å²) in [7, 11) is 0. The number of benzene rings is 1. The minimum absolute atomic E-state index is 0.166. The molecule has 2 amide bonds. The molecule has 1 heterocycles. The summed E-state index contributed by atoms with van der Waals surface area (Å²) < 4.78 is 0. The van der Waals surface area contributed by atoms with Crippen molar-refractivity contribution in [1.29, 1.82) is 0 Å². The van der Waals surface area contributed by atoms with Crippen molar-refractivity contribution in [2.24, 2.45) is 0 Å². The van der Waals surface area contributed by atoms with E-state index in [1.165, 1.54) is 16.2 Å². The van der Waals surface area contributed by atoms with Gasteiger partial charge >= 0.3 is 0 Å². The van der Waals surface area contributed by atoms with Gasteiger partial charge in [0.2, 0.25) is 11.8 Å². The van der Waals surface area contributed by atoms with E-state index in [9.17, 15) is 9.59 Å². The van der Waals surface area contributed by atoms with E-state index in [2.05, 4.69) is 10.3 Å². The van der Waals surface area contributed by atoms with Gasteiger partial charge in [0, 0.05) is 24.7 Å². The number of nitrogens with zero attached hydrogens (tertiary/aromatic N) is 2. The van der Waals surface area contributed by atoms with Gasteiger partial charge in [-0.1, -0.05) is 30.3 Å². The van der Waals surface area contributed by atoms with Gasteiger partial charge in [0.1, 0.15) is 6.42 Å². The van der Waals surface area contributed by atoms with Crippen LogP contribution in [0, 0.1) is 0 Å². The SMILES string of the molecule is CCN(C(=O)CC(=O)NCc1ccccc1)c1nccs1. The number of carbonyl (C=O) groups excluding carboxylic acids is 2. The predicted molar refractivity (Wildman–Crippen MR) is 83.0 cm³/mol. The number of amides is 2. The molecule has 0 spiro atoms. The Bertz CT molecular complexity index is 584. The lowest BCUT2D eigenvalue weighted by molar-refractivity contribution is -0.128. The van der Waals surface area contributed by atoms with Crippen molar-refractivity contribution in [3.8, 4) is 0 Å². The first-order valence-electron chi connectivity index (χ1n) is 6.71. The molecule has 1 N–H and O–H groups in total. The van der Waals surface area contributed by atoms with Gasteiger partial charge in [-0.15, -0.1) is 11.3 Å². The molecule has 0 aliphatic carbocycles. The van der Waals surface area contributed by atoms with Gasteiger partial charge in [-0.05, 0) is 12.5 Å². The maximum Gasteiger partial charge on any atom is 0.238 e. The number of hydrogen-bond acceptors (Lipinski definition) is 4. The Balaban J connectivity index is 1.85. The summed E-state index contributed by atoms with van der Waals surface area (Å²) in [5.74, 6) is -0.517. The predicted octanol–water partition coefficient (Wildman–Crippen LogP) is 2.20. The Labute approximate surface area is 127 Å². The first-order chi connectivity index (χ1) is 10.2. The van der Waals surface area contributed by atoms with E-state index in [0.29, 0.717) is 18.2 Å². The molecule has 0 unspecified atom stereocenters. The molecule has 5 nitrogen and oxygen atoms in total. The van der Waals surface area contributed by atoms with Crippen molar-refractivity contribution in [1.82, 2.24) is 10.3 Å². The van der Waals surface area contributed by atoms with E-state index in [0.717, 1.165) is 5.56 Å². The zero-order valence-corrected chi connectivity index (χ0v) is 12.6. The molecule has 2 aromatic rings. The van der Waals surface area contributed by atoms with Crippen LogP contribution in [0.1, 0.15) is 18.9 Å². The first kappa shape index (κ1) is 15.2. The molecule has 0 saturated carbocycles. The van der Waals surface area contributed by atoms with E-state index in [1.807, 2.05) is 37.3 Å². The lowest BCUT2D eigenvalue weighted by Gasteiger charge is -2.17. The molecule has 2 rings (SSSR count). The zero-order chi connectivity index (χ0) is 15.1. The molecule has 0 atom stereocenters. The van der Waals surface area contributed by atoms with Crippen LogP contribution in [-0.4, -0.2) is 23.3 Å². The van der Waals surface area contributed by atoms with E-state index in [-0.39, 0.29) is 18.2 Å². The van der Waals surface area contributed by atoms with Crippen molar-refractivity contribution in [2.45, 2.75) is 19.9 Å². The summed E-state index contributed by atoms with van der Waals surface area (Å²) in [6.07, 6.45) is 1.48. The summed E-state index contributed by atoms with van der Waals surface area (Å²) >= 11 is 1.38. The van der Waals surface area contributed by atoms with E-state index in [1.54, 1.807) is 11.6 Å². The monoisotopic (exact) mass is 303 g/mol. The lowest BCUT2D eigenvalue weighted by Crippen LogP contribution is -2.35. The molecule has 0 aliphatic rings. The molecular weight excluding hydrogens is 286 g/mol. The highest BCUT2D eigenvalue weighted by Gasteiger charge is 2.19. The molecular formula is C15H17N3O2S. The van der Waals surface area contributed by atoms with Gasteiger partial charge < -0.3 is 5.32 Å². The number of anilines is 1. The van der Waals surface area contributed by atoms with E-state index < -0.39 is 0 Å². The smallest absolute Gasteiger partial charge is 0.238 e. The molecule has 0 bridgehead atoms. The summed E-state index contributed by atoms with van der Waals surface area (Å²) in [4.78, 5) is 29.6. The van der Waals surface area contributed by atoms with Gasteiger partial charge in [-0.2, -0.15) is 0 Å². The molecule has 21 heavy (non-hydrogen) atoms. The maximum atomic E-state index is 12.1. The minimum atomic E-state index is -0.279. The number of nitrogens with one attached hydrogen (secondary N) is 1. The van der Waals surface area contributed by atoms with Gasteiger partial charge in [0.05, 0.1) is 0 Å². The quantitative estimate of drug-likeness (QED) is 0.832. The second kappa shape index (κ2) is 7.54. The number of carbonyl (C=O) groups is 2. The molecule has 0 fully saturated rings. The zero-order valence-electron chi connectivity index (χ0n) is 11.8. The van der Waals surface area contributed by atoms with E-state index >= 15 is 0 Å². The average molecular weight is 303 g/mol. The average Bonchev–Trinajstić information content (AvgIpc) is 3.01. The second-order valence-corrected chi connectivity index (χ2v) is 5.26. The van der Waals surface area contributed by atoms with Crippen LogP contribution in [0.4, 0.5) is 5.13 Å². The molecule has 1 aromatic heterocycles. The number of thiazole rings is 1. The van der Waals surface area contributed by atoms with E-state index in [4.69, 9.17) is 0 Å². The molecule has 0 aliphatic heterocycles. The highest BCUT2D eigenvalue weighted by atomic mass is 32.1. The van der Waals surface area contributed by atoms with Crippen LogP contribution < -0.4 is 10.2 Å².